The van der Waals surface area contributed by atoms with E-state index in [1.807, 2.05) is 0 Å². The van der Waals surface area contributed by atoms with Crippen LogP contribution in [0.25, 0.3) is 0 Å². The minimum atomic E-state index is 0.582. The van der Waals surface area contributed by atoms with Gasteiger partial charge in [-0.1, -0.05) is 20.8 Å². The molecule has 0 aromatic rings. The Balaban J connectivity index is 2.18. The highest BCUT2D eigenvalue weighted by molar-refractivity contribution is 5.02. The summed E-state index contributed by atoms with van der Waals surface area (Å²) in [4.78, 5) is 2.55. The first-order valence-corrected chi connectivity index (χ1v) is 4.83. The summed E-state index contributed by atoms with van der Waals surface area (Å²) in [5.74, 6) is 0.867. The van der Waals surface area contributed by atoms with Crippen LogP contribution in [0.15, 0.2) is 0 Å². The highest BCUT2D eigenvalue weighted by Gasteiger charge is 2.45. The predicted molar refractivity (Wildman–Crippen MR) is 49.7 cm³/mol. The summed E-state index contributed by atoms with van der Waals surface area (Å²) in [5.41, 5.74) is 0.582. The van der Waals surface area contributed by atoms with Gasteiger partial charge in [0.1, 0.15) is 0 Å². The van der Waals surface area contributed by atoms with Gasteiger partial charge in [-0.3, -0.25) is 4.90 Å². The van der Waals surface area contributed by atoms with Crippen LogP contribution in [0.5, 0.6) is 0 Å². The van der Waals surface area contributed by atoms with Crippen LogP contribution >= 0.6 is 0 Å². The molecule has 1 aliphatic heterocycles. The van der Waals surface area contributed by atoms with Gasteiger partial charge in [-0.05, 0) is 32.2 Å². The van der Waals surface area contributed by atoms with E-state index in [1.165, 1.54) is 25.9 Å². The van der Waals surface area contributed by atoms with E-state index in [4.69, 9.17) is 0 Å². The number of nitrogens with zero attached hydrogens (tertiary/aromatic N) is 1. The van der Waals surface area contributed by atoms with E-state index in [1.54, 1.807) is 0 Å². The minimum Gasteiger partial charge on any atom is -0.295 e. The van der Waals surface area contributed by atoms with Crippen molar-refractivity contribution < 1.29 is 0 Å². The summed E-state index contributed by atoms with van der Waals surface area (Å²) in [6.45, 7) is 11.8. The van der Waals surface area contributed by atoms with Gasteiger partial charge in [-0.2, -0.15) is 0 Å². The first kappa shape index (κ1) is 9.05. The third-order valence-electron chi connectivity index (χ3n) is 2.83. The van der Waals surface area contributed by atoms with E-state index >= 15 is 0 Å². The highest BCUT2D eigenvalue weighted by Crippen LogP contribution is 2.36. The van der Waals surface area contributed by atoms with Crippen molar-refractivity contribution in [2.45, 2.75) is 46.1 Å². The third-order valence-corrected chi connectivity index (χ3v) is 2.83. The van der Waals surface area contributed by atoms with Gasteiger partial charge in [-0.25, -0.2) is 0 Å². The Kier molecular flexibility index (Phi) is 2.58. The van der Waals surface area contributed by atoms with E-state index < -0.39 is 0 Å². The Morgan fingerprint density at radius 3 is 2.45 bits per heavy atom. The predicted octanol–water partition coefficient (Wildman–Crippen LogP) is 2.52. The molecule has 0 spiro atoms. The Labute approximate surface area is 70.8 Å². The molecule has 0 bridgehead atoms. The van der Waals surface area contributed by atoms with Crippen LogP contribution in [0.2, 0.25) is 0 Å². The maximum Gasteiger partial charge on any atom is 0.0309 e. The molecule has 1 saturated heterocycles. The molecular formula is C10H21N. The van der Waals surface area contributed by atoms with Crippen LogP contribution in [0.3, 0.4) is 0 Å². The molecule has 1 heteroatoms. The van der Waals surface area contributed by atoms with Gasteiger partial charge in [0, 0.05) is 12.1 Å². The fourth-order valence-electron chi connectivity index (χ4n) is 1.71. The molecule has 11 heavy (non-hydrogen) atoms. The van der Waals surface area contributed by atoms with Crippen LogP contribution in [0, 0.1) is 5.92 Å². The standard InChI is InChI=1S/C10H21N/c1-5-11-8-10(11,4)7-6-9(2)3/h9H,5-8H2,1-4H3. The van der Waals surface area contributed by atoms with Gasteiger partial charge in [0.2, 0.25) is 0 Å². The van der Waals surface area contributed by atoms with Crippen LogP contribution in [-0.2, 0) is 0 Å². The molecule has 1 aliphatic rings. The van der Waals surface area contributed by atoms with Crippen molar-refractivity contribution in [3.05, 3.63) is 0 Å². The Morgan fingerprint density at radius 2 is 2.09 bits per heavy atom. The smallest absolute Gasteiger partial charge is 0.0309 e. The van der Waals surface area contributed by atoms with E-state index in [0.717, 1.165) is 5.92 Å². The van der Waals surface area contributed by atoms with Crippen molar-refractivity contribution in [2.75, 3.05) is 13.1 Å². The molecule has 0 aromatic heterocycles. The zero-order valence-electron chi connectivity index (χ0n) is 8.35. The molecule has 1 nitrogen and oxygen atoms in total. The summed E-state index contributed by atoms with van der Waals surface area (Å²) < 4.78 is 0. The largest absolute Gasteiger partial charge is 0.295 e. The second-order valence-corrected chi connectivity index (χ2v) is 4.44. The summed E-state index contributed by atoms with van der Waals surface area (Å²) >= 11 is 0. The first-order valence-electron chi connectivity index (χ1n) is 4.83. The minimum absolute atomic E-state index is 0.582. The van der Waals surface area contributed by atoms with Gasteiger partial charge < -0.3 is 0 Å². The molecule has 1 rings (SSSR count). The van der Waals surface area contributed by atoms with E-state index in [0.29, 0.717) is 5.54 Å². The van der Waals surface area contributed by atoms with Crippen molar-refractivity contribution in [3.8, 4) is 0 Å². The molecule has 0 aromatic carbocycles. The number of hydrogen-bond donors (Lipinski definition) is 0. The Hall–Kier alpha value is -0.0400. The average molecular weight is 155 g/mol. The van der Waals surface area contributed by atoms with E-state index in [-0.39, 0.29) is 0 Å². The van der Waals surface area contributed by atoms with Gasteiger partial charge in [-0.15, -0.1) is 0 Å². The van der Waals surface area contributed by atoms with Gasteiger partial charge in [0.25, 0.3) is 0 Å². The highest BCUT2D eigenvalue weighted by atomic mass is 15.3. The lowest BCUT2D eigenvalue weighted by Crippen LogP contribution is -2.14. The molecule has 0 N–H and O–H groups in total. The molecular weight excluding hydrogens is 134 g/mol. The average Bonchev–Trinajstić information content (AvgIpc) is 2.59. The van der Waals surface area contributed by atoms with E-state index in [9.17, 15) is 0 Å². The molecule has 2 atom stereocenters. The van der Waals surface area contributed by atoms with Crippen LogP contribution in [0.4, 0.5) is 0 Å². The second kappa shape index (κ2) is 3.14. The first-order chi connectivity index (χ1) is 5.08. The normalized spacial score (nSPS) is 36.3. The van der Waals surface area contributed by atoms with Crippen molar-refractivity contribution in [1.29, 1.82) is 0 Å². The quantitative estimate of drug-likeness (QED) is 0.564. The molecule has 0 amide bonds. The lowest BCUT2D eigenvalue weighted by Gasteiger charge is -2.12. The summed E-state index contributed by atoms with van der Waals surface area (Å²) in [6, 6.07) is 0. The van der Waals surface area contributed by atoms with Crippen molar-refractivity contribution in [1.82, 2.24) is 4.90 Å². The Bertz CT molecular complexity index is 131. The van der Waals surface area contributed by atoms with Crippen molar-refractivity contribution in [2.24, 2.45) is 5.92 Å². The summed E-state index contributed by atoms with van der Waals surface area (Å²) in [6.07, 6.45) is 2.77. The zero-order chi connectivity index (χ0) is 8.48. The monoisotopic (exact) mass is 155 g/mol. The Morgan fingerprint density at radius 1 is 1.45 bits per heavy atom. The van der Waals surface area contributed by atoms with Crippen molar-refractivity contribution >= 4 is 0 Å². The van der Waals surface area contributed by atoms with Gasteiger partial charge >= 0.3 is 0 Å². The molecule has 0 aliphatic carbocycles. The fourth-order valence-corrected chi connectivity index (χ4v) is 1.71. The summed E-state index contributed by atoms with van der Waals surface area (Å²) in [5, 5.41) is 0. The number of likely N-dealkylation sites (N-methyl/N-ethyl adjacent to an activating group) is 1. The molecule has 0 radical (unpaired) electrons. The van der Waals surface area contributed by atoms with Gasteiger partial charge in [0.05, 0.1) is 0 Å². The zero-order valence-corrected chi connectivity index (χ0v) is 8.35. The number of rotatable bonds is 4. The lowest BCUT2D eigenvalue weighted by atomic mass is 9.99. The SMILES string of the molecule is CCN1CC1(C)CCC(C)C. The number of hydrogen-bond acceptors (Lipinski definition) is 1. The third kappa shape index (κ3) is 2.19. The topological polar surface area (TPSA) is 3.01 Å². The maximum atomic E-state index is 2.55. The lowest BCUT2D eigenvalue weighted by molar-refractivity contribution is 0.390. The second-order valence-electron chi connectivity index (χ2n) is 4.44. The maximum absolute atomic E-state index is 2.55. The molecule has 1 heterocycles. The van der Waals surface area contributed by atoms with Gasteiger partial charge in [0.15, 0.2) is 0 Å². The van der Waals surface area contributed by atoms with Crippen LogP contribution < -0.4 is 0 Å². The van der Waals surface area contributed by atoms with Crippen LogP contribution in [-0.4, -0.2) is 23.5 Å². The molecule has 1 fully saturated rings. The molecule has 66 valence electrons. The van der Waals surface area contributed by atoms with Crippen molar-refractivity contribution in [3.63, 3.8) is 0 Å². The molecule has 2 unspecified atom stereocenters. The van der Waals surface area contributed by atoms with E-state index in [2.05, 4.69) is 32.6 Å². The summed E-state index contributed by atoms with van der Waals surface area (Å²) in [7, 11) is 0. The molecule has 0 saturated carbocycles. The van der Waals surface area contributed by atoms with Crippen LogP contribution in [0.1, 0.15) is 40.5 Å². The fraction of sp³-hybridized carbons (Fsp3) is 1.00.